The van der Waals surface area contributed by atoms with Crippen molar-refractivity contribution in [3.8, 4) is 11.5 Å². The first-order valence-corrected chi connectivity index (χ1v) is 9.15. The maximum absolute atomic E-state index is 14.1. The number of nitrogens with two attached hydrogens (primary N) is 1. The summed E-state index contributed by atoms with van der Waals surface area (Å²) in [7, 11) is 0. The molecule has 5 rings (SSSR count). The monoisotopic (exact) mass is 376 g/mol. The molecule has 0 aliphatic rings. The Hall–Kier alpha value is -3.39. The smallest absolute Gasteiger partial charge is 0.184 e. The molecule has 0 unspecified atom stereocenters. The lowest BCUT2D eigenvalue weighted by Crippen LogP contribution is -2.05. The second kappa shape index (κ2) is 6.10. The third-order valence-electron chi connectivity index (χ3n) is 4.35. The highest BCUT2D eigenvalue weighted by Gasteiger charge is 2.18. The fourth-order valence-electron chi connectivity index (χ4n) is 3.06. The van der Waals surface area contributed by atoms with Crippen LogP contribution in [0.3, 0.4) is 0 Å². The maximum Gasteiger partial charge on any atom is 0.184 e. The molecule has 132 valence electrons. The van der Waals surface area contributed by atoms with E-state index in [1.54, 1.807) is 29.1 Å². The number of anilines is 1. The summed E-state index contributed by atoms with van der Waals surface area (Å²) < 4.78 is 15.8. The summed E-state index contributed by atoms with van der Waals surface area (Å²) in [5.74, 6) is 0.573. The number of hydrogen-bond donors (Lipinski definition) is 1. The molecule has 0 fully saturated rings. The number of benzene rings is 1. The van der Waals surface area contributed by atoms with E-state index >= 15 is 0 Å². The molecule has 4 heterocycles. The molecule has 0 amide bonds. The van der Waals surface area contributed by atoms with Crippen LogP contribution in [0.5, 0.6) is 0 Å². The molecule has 8 heteroatoms. The Labute approximate surface area is 157 Å². The van der Waals surface area contributed by atoms with Gasteiger partial charge in [-0.3, -0.25) is 0 Å². The molecular weight excluding hydrogens is 363 g/mol. The lowest BCUT2D eigenvalue weighted by molar-refractivity contribution is 0.589. The molecule has 0 spiro atoms. The first-order chi connectivity index (χ1) is 13.2. The van der Waals surface area contributed by atoms with Crippen molar-refractivity contribution < 1.29 is 4.39 Å². The minimum Gasteiger partial charge on any atom is -0.383 e. The van der Waals surface area contributed by atoms with Crippen molar-refractivity contribution >= 4 is 38.4 Å². The summed E-state index contributed by atoms with van der Waals surface area (Å²) in [4.78, 5) is 14.3. The van der Waals surface area contributed by atoms with Gasteiger partial charge in [-0.1, -0.05) is 18.2 Å². The van der Waals surface area contributed by atoms with Crippen molar-refractivity contribution in [3.05, 3.63) is 65.4 Å². The molecule has 27 heavy (non-hydrogen) atoms. The molecule has 6 nitrogen and oxygen atoms in total. The standard InChI is InChI=1S/C19H13FN6S/c20-14-6-2-1-4-11(14)10-26-18-12(5-3-8-22-18)15(25-26)17-23-16(21)13-7-9-27-19(13)24-17/h1-9H,10H2,(H2,21,23,24). The van der Waals surface area contributed by atoms with Crippen LogP contribution in [-0.4, -0.2) is 24.7 Å². The molecule has 5 aromatic rings. The zero-order valence-electron chi connectivity index (χ0n) is 14.0. The third kappa shape index (κ3) is 2.61. The molecule has 1 aromatic carbocycles. The molecule has 0 aliphatic heterocycles. The number of thiophene rings is 1. The van der Waals surface area contributed by atoms with E-state index in [9.17, 15) is 4.39 Å². The van der Waals surface area contributed by atoms with Gasteiger partial charge in [0, 0.05) is 11.8 Å². The van der Waals surface area contributed by atoms with Crippen LogP contribution in [0.15, 0.2) is 54.0 Å². The SMILES string of the molecule is Nc1nc(-c2nn(Cc3ccccc3F)c3ncccc23)nc2sccc12. The lowest BCUT2D eigenvalue weighted by Gasteiger charge is -2.04. The van der Waals surface area contributed by atoms with Crippen molar-refractivity contribution in [2.45, 2.75) is 6.54 Å². The lowest BCUT2D eigenvalue weighted by atomic mass is 10.2. The van der Waals surface area contributed by atoms with Crippen LogP contribution >= 0.6 is 11.3 Å². The van der Waals surface area contributed by atoms with Gasteiger partial charge in [-0.15, -0.1) is 11.3 Å². The fraction of sp³-hybridized carbons (Fsp3) is 0.0526. The van der Waals surface area contributed by atoms with Crippen molar-refractivity contribution in [1.82, 2.24) is 24.7 Å². The molecule has 0 bridgehead atoms. The predicted octanol–water partition coefficient (Wildman–Crippen LogP) is 3.87. The number of fused-ring (bicyclic) bond motifs is 2. The second-order valence-electron chi connectivity index (χ2n) is 6.04. The van der Waals surface area contributed by atoms with Crippen molar-refractivity contribution in [2.75, 3.05) is 5.73 Å². The molecule has 4 aromatic heterocycles. The Morgan fingerprint density at radius 3 is 2.81 bits per heavy atom. The number of nitrogens with zero attached hydrogens (tertiary/aromatic N) is 5. The van der Waals surface area contributed by atoms with Gasteiger partial charge in [0.1, 0.15) is 22.2 Å². The van der Waals surface area contributed by atoms with Gasteiger partial charge in [-0.2, -0.15) is 5.10 Å². The molecule has 0 radical (unpaired) electrons. The first kappa shape index (κ1) is 15.8. The van der Waals surface area contributed by atoms with Crippen molar-refractivity contribution in [2.24, 2.45) is 0 Å². The predicted molar refractivity (Wildman–Crippen MR) is 104 cm³/mol. The van der Waals surface area contributed by atoms with Gasteiger partial charge >= 0.3 is 0 Å². The van der Waals surface area contributed by atoms with E-state index in [-0.39, 0.29) is 12.4 Å². The normalized spacial score (nSPS) is 11.4. The Kier molecular flexibility index (Phi) is 3.58. The molecule has 0 saturated heterocycles. The van der Waals surface area contributed by atoms with Crippen LogP contribution in [0.1, 0.15) is 5.56 Å². The number of hydrogen-bond acceptors (Lipinski definition) is 6. The van der Waals surface area contributed by atoms with Gasteiger partial charge in [0.15, 0.2) is 11.5 Å². The summed E-state index contributed by atoms with van der Waals surface area (Å²) in [6, 6.07) is 12.3. The number of aromatic nitrogens is 5. The maximum atomic E-state index is 14.1. The van der Waals surface area contributed by atoms with Crippen LogP contribution in [0, 0.1) is 5.82 Å². The van der Waals surface area contributed by atoms with E-state index < -0.39 is 0 Å². The van der Waals surface area contributed by atoms with Gasteiger partial charge in [0.25, 0.3) is 0 Å². The van der Waals surface area contributed by atoms with Crippen LogP contribution in [-0.2, 0) is 6.54 Å². The van der Waals surface area contributed by atoms with E-state index in [4.69, 9.17) is 5.73 Å². The van der Waals surface area contributed by atoms with E-state index in [2.05, 4.69) is 20.1 Å². The van der Waals surface area contributed by atoms with Crippen molar-refractivity contribution in [1.29, 1.82) is 0 Å². The quantitative estimate of drug-likeness (QED) is 0.517. The number of pyridine rings is 1. The zero-order valence-corrected chi connectivity index (χ0v) is 14.8. The summed E-state index contributed by atoms with van der Waals surface area (Å²) in [6.07, 6.45) is 1.68. The topological polar surface area (TPSA) is 82.5 Å². The summed E-state index contributed by atoms with van der Waals surface area (Å²) in [5.41, 5.74) is 7.85. The van der Waals surface area contributed by atoms with Crippen LogP contribution in [0.4, 0.5) is 10.2 Å². The van der Waals surface area contributed by atoms with E-state index in [0.717, 1.165) is 15.6 Å². The highest BCUT2D eigenvalue weighted by Crippen LogP contribution is 2.30. The van der Waals surface area contributed by atoms with E-state index in [0.29, 0.717) is 28.5 Å². The Morgan fingerprint density at radius 1 is 1.04 bits per heavy atom. The number of nitrogen functional groups attached to an aromatic ring is 1. The van der Waals surface area contributed by atoms with E-state index in [1.165, 1.54) is 17.4 Å². The third-order valence-corrected chi connectivity index (χ3v) is 5.16. The average Bonchev–Trinajstić information content (AvgIpc) is 3.29. The van der Waals surface area contributed by atoms with Crippen LogP contribution in [0.25, 0.3) is 32.8 Å². The molecular formula is C19H13FN6S. The average molecular weight is 376 g/mol. The first-order valence-electron chi connectivity index (χ1n) is 8.27. The Morgan fingerprint density at radius 2 is 1.93 bits per heavy atom. The van der Waals surface area contributed by atoms with Crippen LogP contribution in [0.2, 0.25) is 0 Å². The summed E-state index contributed by atoms with van der Waals surface area (Å²) in [5, 5.41) is 8.19. The van der Waals surface area contributed by atoms with Crippen molar-refractivity contribution in [3.63, 3.8) is 0 Å². The van der Waals surface area contributed by atoms with E-state index in [1.807, 2.05) is 23.6 Å². The number of rotatable bonds is 3. The van der Waals surface area contributed by atoms with Gasteiger partial charge in [0.2, 0.25) is 0 Å². The minimum absolute atomic E-state index is 0.261. The Bertz CT molecular complexity index is 1290. The second-order valence-corrected chi connectivity index (χ2v) is 6.94. The summed E-state index contributed by atoms with van der Waals surface area (Å²) >= 11 is 1.50. The van der Waals surface area contributed by atoms with Gasteiger partial charge in [-0.05, 0) is 29.6 Å². The minimum atomic E-state index is -0.279. The van der Waals surface area contributed by atoms with Crippen LogP contribution < -0.4 is 5.73 Å². The summed E-state index contributed by atoms with van der Waals surface area (Å²) in [6.45, 7) is 0.261. The van der Waals surface area contributed by atoms with Gasteiger partial charge in [0.05, 0.1) is 17.3 Å². The molecule has 0 aliphatic carbocycles. The molecule has 0 atom stereocenters. The Balaban J connectivity index is 1.70. The molecule has 0 saturated carbocycles. The highest BCUT2D eigenvalue weighted by molar-refractivity contribution is 7.16. The van der Waals surface area contributed by atoms with Gasteiger partial charge < -0.3 is 5.73 Å². The highest BCUT2D eigenvalue weighted by atomic mass is 32.1. The zero-order chi connectivity index (χ0) is 18.4. The largest absolute Gasteiger partial charge is 0.383 e. The fourth-order valence-corrected chi connectivity index (χ4v) is 3.83. The molecule has 2 N–H and O–H groups in total. The van der Waals surface area contributed by atoms with Gasteiger partial charge in [-0.25, -0.2) is 24.0 Å². The number of halogens is 1.